The van der Waals surface area contributed by atoms with Crippen LogP contribution in [0.1, 0.15) is 31.7 Å². The highest BCUT2D eigenvalue weighted by molar-refractivity contribution is 5.05. The first-order valence-electron chi connectivity index (χ1n) is 8.17. The van der Waals surface area contributed by atoms with Crippen LogP contribution in [0, 0.1) is 5.92 Å². The van der Waals surface area contributed by atoms with Crippen molar-refractivity contribution in [2.24, 2.45) is 20.0 Å². The van der Waals surface area contributed by atoms with E-state index in [-0.39, 0.29) is 11.2 Å². The average Bonchev–Trinajstić information content (AvgIpc) is 2.51. The van der Waals surface area contributed by atoms with Crippen LogP contribution in [0.3, 0.4) is 0 Å². The second kappa shape index (κ2) is 7.74. The van der Waals surface area contributed by atoms with Crippen LogP contribution in [0.2, 0.25) is 0 Å². The molecule has 22 heavy (non-hydrogen) atoms. The molecule has 0 bridgehead atoms. The summed E-state index contributed by atoms with van der Waals surface area (Å²) in [6.45, 7) is 7.26. The van der Waals surface area contributed by atoms with Gasteiger partial charge in [0.25, 0.3) is 5.56 Å². The van der Waals surface area contributed by atoms with E-state index in [4.69, 9.17) is 0 Å². The largest absolute Gasteiger partial charge is 0.330 e. The Morgan fingerprint density at radius 1 is 1.23 bits per heavy atom. The first kappa shape index (κ1) is 17.0. The summed E-state index contributed by atoms with van der Waals surface area (Å²) in [5.41, 5.74) is 0.144. The first-order chi connectivity index (χ1) is 10.5. The van der Waals surface area contributed by atoms with E-state index in [9.17, 15) is 9.59 Å². The van der Waals surface area contributed by atoms with Gasteiger partial charge in [-0.3, -0.25) is 9.36 Å². The second-order valence-corrected chi connectivity index (χ2v) is 6.47. The molecule has 1 saturated heterocycles. The minimum Gasteiger partial charge on any atom is -0.312 e. The molecule has 0 aromatic carbocycles. The van der Waals surface area contributed by atoms with Crippen molar-refractivity contribution in [1.82, 2.24) is 19.4 Å². The minimum atomic E-state index is -0.284. The van der Waals surface area contributed by atoms with E-state index in [1.165, 1.54) is 37.5 Å². The molecule has 1 aliphatic rings. The normalized spacial score (nSPS) is 17.0. The number of nitrogens with zero attached hydrogens (tertiary/aromatic N) is 3. The maximum Gasteiger partial charge on any atom is 0.330 e. The molecule has 1 N–H and O–H groups in total. The number of piperidine rings is 1. The molecule has 1 fully saturated rings. The lowest BCUT2D eigenvalue weighted by Crippen LogP contribution is -2.39. The van der Waals surface area contributed by atoms with Gasteiger partial charge in [0.1, 0.15) is 0 Å². The fourth-order valence-electron chi connectivity index (χ4n) is 2.94. The lowest BCUT2D eigenvalue weighted by Gasteiger charge is -2.30. The Hall–Kier alpha value is -1.40. The van der Waals surface area contributed by atoms with Gasteiger partial charge in [0, 0.05) is 32.4 Å². The fraction of sp³-hybridized carbons (Fsp3) is 0.750. The van der Waals surface area contributed by atoms with Gasteiger partial charge in [0.15, 0.2) is 0 Å². The predicted molar refractivity (Wildman–Crippen MR) is 88.1 cm³/mol. The molecule has 6 heteroatoms. The second-order valence-electron chi connectivity index (χ2n) is 6.47. The summed E-state index contributed by atoms with van der Waals surface area (Å²) >= 11 is 0. The van der Waals surface area contributed by atoms with Crippen LogP contribution in [-0.4, -0.2) is 40.2 Å². The van der Waals surface area contributed by atoms with Gasteiger partial charge in [-0.1, -0.05) is 6.92 Å². The lowest BCUT2D eigenvalue weighted by atomic mass is 9.99. The summed E-state index contributed by atoms with van der Waals surface area (Å²) in [4.78, 5) is 26.1. The quantitative estimate of drug-likeness (QED) is 0.768. The third-order valence-electron chi connectivity index (χ3n) is 4.54. The number of rotatable bonds is 6. The highest BCUT2D eigenvalue weighted by atomic mass is 16.2. The molecule has 2 heterocycles. The van der Waals surface area contributed by atoms with Gasteiger partial charge in [0.05, 0.1) is 0 Å². The summed E-state index contributed by atoms with van der Waals surface area (Å²) in [5, 5.41) is 3.31. The maximum absolute atomic E-state index is 12.0. The monoisotopic (exact) mass is 308 g/mol. The van der Waals surface area contributed by atoms with Crippen LogP contribution in [0.25, 0.3) is 0 Å². The van der Waals surface area contributed by atoms with Crippen LogP contribution >= 0.6 is 0 Å². The van der Waals surface area contributed by atoms with Crippen LogP contribution in [0.15, 0.2) is 15.8 Å². The lowest BCUT2D eigenvalue weighted by molar-refractivity contribution is 0.190. The number of nitrogens with one attached hydrogen (secondary N) is 1. The van der Waals surface area contributed by atoms with Crippen LogP contribution in [0.4, 0.5) is 0 Å². The number of hydrogen-bond donors (Lipinski definition) is 1. The Kier molecular flexibility index (Phi) is 5.97. The molecule has 0 spiro atoms. The summed E-state index contributed by atoms with van der Waals surface area (Å²) in [5.74, 6) is 0.871. The van der Waals surface area contributed by atoms with Gasteiger partial charge in [-0.2, -0.15) is 0 Å². The zero-order chi connectivity index (χ0) is 16.1. The Bertz CT molecular complexity index is 597. The molecule has 0 unspecified atom stereocenters. The van der Waals surface area contributed by atoms with E-state index in [2.05, 4.69) is 17.1 Å². The van der Waals surface area contributed by atoms with Crippen molar-refractivity contribution in [1.29, 1.82) is 0 Å². The third kappa shape index (κ3) is 4.30. The van der Waals surface area contributed by atoms with E-state index in [1.807, 2.05) is 0 Å². The standard InChI is InChI=1S/C16H28N4O2/c1-13-5-9-20(10-6-13)8-4-7-17-11-14-12-18(2)16(22)19(3)15(14)21/h12-13,17H,4-11H2,1-3H3. The van der Waals surface area contributed by atoms with Crippen molar-refractivity contribution in [2.75, 3.05) is 26.2 Å². The molecule has 2 rings (SSSR count). The number of likely N-dealkylation sites (tertiary alicyclic amines) is 1. The molecule has 124 valence electrons. The fourth-order valence-corrected chi connectivity index (χ4v) is 2.94. The molecule has 0 aliphatic carbocycles. The first-order valence-corrected chi connectivity index (χ1v) is 8.17. The van der Waals surface area contributed by atoms with Crippen molar-refractivity contribution in [3.8, 4) is 0 Å². The van der Waals surface area contributed by atoms with Crippen LogP contribution in [0.5, 0.6) is 0 Å². The van der Waals surface area contributed by atoms with Crippen molar-refractivity contribution in [2.45, 2.75) is 32.7 Å². The maximum atomic E-state index is 12.0. The highest BCUT2D eigenvalue weighted by Crippen LogP contribution is 2.15. The minimum absolute atomic E-state index is 0.208. The van der Waals surface area contributed by atoms with E-state index < -0.39 is 0 Å². The van der Waals surface area contributed by atoms with Crippen molar-refractivity contribution < 1.29 is 0 Å². The van der Waals surface area contributed by atoms with Gasteiger partial charge in [0.2, 0.25) is 0 Å². The summed E-state index contributed by atoms with van der Waals surface area (Å²) in [7, 11) is 3.19. The smallest absolute Gasteiger partial charge is 0.312 e. The zero-order valence-corrected chi connectivity index (χ0v) is 14.0. The molecule has 6 nitrogen and oxygen atoms in total. The zero-order valence-electron chi connectivity index (χ0n) is 14.0. The average molecular weight is 308 g/mol. The summed E-state index contributed by atoms with van der Waals surface area (Å²) in [6, 6.07) is 0. The van der Waals surface area contributed by atoms with Gasteiger partial charge in [-0.15, -0.1) is 0 Å². The molecular formula is C16H28N4O2. The third-order valence-corrected chi connectivity index (χ3v) is 4.54. The van der Waals surface area contributed by atoms with Gasteiger partial charge < -0.3 is 14.8 Å². The molecule has 1 aromatic rings. The Labute approximate surface area is 131 Å². The molecule has 0 atom stereocenters. The topological polar surface area (TPSA) is 59.3 Å². The van der Waals surface area contributed by atoms with Crippen molar-refractivity contribution in [3.05, 3.63) is 32.6 Å². The number of hydrogen-bond acceptors (Lipinski definition) is 4. The van der Waals surface area contributed by atoms with Gasteiger partial charge in [-0.05, 0) is 51.4 Å². The van der Waals surface area contributed by atoms with E-state index >= 15 is 0 Å². The Balaban J connectivity index is 1.73. The summed E-state index contributed by atoms with van der Waals surface area (Å²) < 4.78 is 2.61. The Morgan fingerprint density at radius 2 is 1.91 bits per heavy atom. The Morgan fingerprint density at radius 3 is 2.59 bits per heavy atom. The predicted octanol–water partition coefficient (Wildman–Crippen LogP) is 0.296. The van der Waals surface area contributed by atoms with E-state index in [0.717, 1.165) is 30.0 Å². The van der Waals surface area contributed by atoms with Crippen molar-refractivity contribution in [3.63, 3.8) is 0 Å². The van der Waals surface area contributed by atoms with E-state index in [1.54, 1.807) is 13.2 Å². The molecule has 1 aliphatic heterocycles. The number of aryl methyl sites for hydroxylation is 1. The van der Waals surface area contributed by atoms with E-state index in [0.29, 0.717) is 12.1 Å². The summed E-state index contributed by atoms with van der Waals surface area (Å²) in [6.07, 6.45) is 5.33. The molecular weight excluding hydrogens is 280 g/mol. The van der Waals surface area contributed by atoms with Gasteiger partial charge >= 0.3 is 5.69 Å². The van der Waals surface area contributed by atoms with Crippen LogP contribution < -0.4 is 16.6 Å². The molecule has 0 radical (unpaired) electrons. The van der Waals surface area contributed by atoms with Crippen molar-refractivity contribution >= 4 is 0 Å². The number of aromatic nitrogens is 2. The molecule has 0 saturated carbocycles. The van der Waals surface area contributed by atoms with Crippen LogP contribution in [-0.2, 0) is 20.6 Å². The molecule has 0 amide bonds. The highest BCUT2D eigenvalue weighted by Gasteiger charge is 2.14. The molecule has 1 aromatic heterocycles. The SMILES string of the molecule is CC1CCN(CCCNCc2cn(C)c(=O)n(C)c2=O)CC1. The van der Waals surface area contributed by atoms with Gasteiger partial charge in [-0.25, -0.2) is 4.79 Å².